The molecule has 0 bridgehead atoms. The summed E-state index contributed by atoms with van der Waals surface area (Å²) in [6.45, 7) is 2.47. The largest absolute Gasteiger partial charge is 0.347 e. The second-order valence-electron chi connectivity index (χ2n) is 3.27. The monoisotopic (exact) mass is 187 g/mol. The summed E-state index contributed by atoms with van der Waals surface area (Å²) in [7, 11) is 0. The number of rotatable bonds is 1. The van der Waals surface area contributed by atoms with E-state index in [4.69, 9.17) is 0 Å². The van der Waals surface area contributed by atoms with Gasteiger partial charge in [0, 0.05) is 12.7 Å². The summed E-state index contributed by atoms with van der Waals surface area (Å²) < 4.78 is 26.5. The molecule has 0 saturated heterocycles. The van der Waals surface area contributed by atoms with E-state index in [0.29, 0.717) is 18.9 Å². The molecule has 1 aliphatic heterocycles. The molecule has 0 amide bonds. The summed E-state index contributed by atoms with van der Waals surface area (Å²) in [6.07, 6.45) is 0.00978. The second kappa shape index (κ2) is 2.97. The fraction of sp³-hybridized carbons (Fsp3) is 0.625. The average Bonchev–Trinajstić information content (AvgIpc) is 2.42. The molecule has 13 heavy (non-hydrogen) atoms. The molecule has 0 aromatic carbocycles. The van der Waals surface area contributed by atoms with E-state index in [0.717, 1.165) is 5.69 Å². The van der Waals surface area contributed by atoms with Crippen LogP contribution in [0.4, 0.5) is 14.7 Å². The maximum atomic E-state index is 12.3. The molecule has 0 saturated carbocycles. The lowest BCUT2D eigenvalue weighted by Crippen LogP contribution is -2.34. The summed E-state index contributed by atoms with van der Waals surface area (Å²) in [5.74, 6) is 0.564. The number of nitrogens with one attached hydrogen (secondary N) is 1. The third-order valence-corrected chi connectivity index (χ3v) is 2.20. The third kappa shape index (κ3) is 1.50. The molecule has 1 aromatic heterocycles. The number of hydrogen-bond acceptors (Lipinski definition) is 2. The Bertz CT molecular complexity index is 308. The molecule has 1 aromatic rings. The highest BCUT2D eigenvalue weighted by molar-refractivity contribution is 5.32. The minimum absolute atomic E-state index is 0.459. The number of anilines is 1. The van der Waals surface area contributed by atoms with Crippen LogP contribution in [0.25, 0.3) is 0 Å². The van der Waals surface area contributed by atoms with Gasteiger partial charge in [-0.3, -0.25) is 0 Å². The molecule has 5 heteroatoms. The number of aromatic nitrogens is 2. The third-order valence-electron chi connectivity index (χ3n) is 2.20. The Hall–Kier alpha value is -1.13. The summed E-state index contributed by atoms with van der Waals surface area (Å²) in [4.78, 5) is 4.10. The summed E-state index contributed by atoms with van der Waals surface area (Å²) in [5.41, 5.74) is 0.859. The molecule has 1 unspecified atom stereocenters. The van der Waals surface area contributed by atoms with Crippen molar-refractivity contribution in [3.63, 3.8) is 0 Å². The van der Waals surface area contributed by atoms with Gasteiger partial charge < -0.3 is 9.88 Å². The van der Waals surface area contributed by atoms with Gasteiger partial charge in [0.2, 0.25) is 5.95 Å². The van der Waals surface area contributed by atoms with Gasteiger partial charge in [-0.2, -0.15) is 0 Å². The Morgan fingerprint density at radius 2 is 2.46 bits per heavy atom. The molecule has 2 rings (SSSR count). The van der Waals surface area contributed by atoms with E-state index in [1.54, 1.807) is 0 Å². The van der Waals surface area contributed by atoms with Crippen molar-refractivity contribution in [1.29, 1.82) is 0 Å². The molecule has 1 atom stereocenters. The van der Waals surface area contributed by atoms with Gasteiger partial charge in [-0.15, -0.1) is 0 Å². The Morgan fingerprint density at radius 3 is 3.15 bits per heavy atom. The average molecular weight is 187 g/mol. The van der Waals surface area contributed by atoms with Gasteiger partial charge >= 0.3 is 0 Å². The topological polar surface area (TPSA) is 29.9 Å². The second-order valence-corrected chi connectivity index (χ2v) is 3.27. The number of hydrogen-bond donors (Lipinski definition) is 1. The molecule has 1 aliphatic rings. The van der Waals surface area contributed by atoms with Crippen LogP contribution >= 0.6 is 0 Å². The first-order valence-corrected chi connectivity index (χ1v) is 4.25. The molecular weight excluding hydrogens is 176 g/mol. The fourth-order valence-electron chi connectivity index (χ4n) is 1.54. The molecular formula is C8H11F2N3. The number of imidazole rings is 1. The number of alkyl halides is 2. The fourth-order valence-corrected chi connectivity index (χ4v) is 1.54. The van der Waals surface area contributed by atoms with Crippen LogP contribution < -0.4 is 5.32 Å². The Balaban J connectivity index is 2.19. The van der Waals surface area contributed by atoms with E-state index in [1.165, 1.54) is 0 Å². The van der Waals surface area contributed by atoms with E-state index < -0.39 is 12.5 Å². The van der Waals surface area contributed by atoms with Crippen LogP contribution in [0.15, 0.2) is 6.20 Å². The van der Waals surface area contributed by atoms with Gasteiger partial charge in [0.15, 0.2) is 0 Å². The lowest BCUT2D eigenvalue weighted by molar-refractivity contribution is 0.115. The first-order chi connectivity index (χ1) is 6.16. The zero-order chi connectivity index (χ0) is 9.42. The van der Waals surface area contributed by atoms with Gasteiger partial charge in [-0.05, 0) is 13.3 Å². The summed E-state index contributed by atoms with van der Waals surface area (Å²) >= 11 is 0. The van der Waals surface area contributed by atoms with Crippen molar-refractivity contribution >= 4 is 5.95 Å². The highest BCUT2D eigenvalue weighted by Crippen LogP contribution is 2.20. The van der Waals surface area contributed by atoms with Gasteiger partial charge in [0.25, 0.3) is 6.43 Å². The quantitative estimate of drug-likeness (QED) is 0.724. The van der Waals surface area contributed by atoms with E-state index in [1.807, 2.05) is 17.7 Å². The minimum atomic E-state index is -2.31. The van der Waals surface area contributed by atoms with Gasteiger partial charge in [-0.1, -0.05) is 0 Å². The molecule has 2 heterocycles. The van der Waals surface area contributed by atoms with Crippen molar-refractivity contribution in [2.45, 2.75) is 32.4 Å². The number of fused-ring (bicyclic) bond motifs is 1. The van der Waals surface area contributed by atoms with Crippen molar-refractivity contribution in [3.05, 3.63) is 11.9 Å². The van der Waals surface area contributed by atoms with Crippen LogP contribution in [0.1, 0.15) is 12.1 Å². The maximum Gasteiger partial charge on any atom is 0.258 e. The van der Waals surface area contributed by atoms with Crippen LogP contribution in [0.3, 0.4) is 0 Å². The van der Waals surface area contributed by atoms with Crippen LogP contribution in [0.5, 0.6) is 0 Å². The molecule has 1 N–H and O–H groups in total. The molecule has 0 aliphatic carbocycles. The molecule has 0 radical (unpaired) electrons. The van der Waals surface area contributed by atoms with Crippen molar-refractivity contribution in [1.82, 2.24) is 9.55 Å². The van der Waals surface area contributed by atoms with Crippen LogP contribution in [-0.4, -0.2) is 22.0 Å². The first kappa shape index (κ1) is 8.47. The van der Waals surface area contributed by atoms with E-state index in [-0.39, 0.29) is 0 Å². The zero-order valence-electron chi connectivity index (χ0n) is 7.30. The minimum Gasteiger partial charge on any atom is -0.347 e. The number of nitrogens with zero attached hydrogens (tertiary/aromatic N) is 2. The number of aryl methyl sites for hydroxylation is 2. The van der Waals surface area contributed by atoms with Crippen molar-refractivity contribution in [3.8, 4) is 0 Å². The first-order valence-electron chi connectivity index (χ1n) is 4.25. The van der Waals surface area contributed by atoms with Gasteiger partial charge in [0.05, 0.1) is 11.7 Å². The van der Waals surface area contributed by atoms with Crippen molar-refractivity contribution in [2.24, 2.45) is 0 Å². The van der Waals surface area contributed by atoms with Gasteiger partial charge in [-0.25, -0.2) is 13.8 Å². The van der Waals surface area contributed by atoms with E-state index in [9.17, 15) is 8.78 Å². The lowest BCUT2D eigenvalue weighted by Gasteiger charge is -2.24. The SMILES string of the molecule is Cc1cn2c(n1)NC(C(F)F)CC2. The standard InChI is InChI=1S/C8H11F2N3/c1-5-4-13-3-2-6(7(9)10)12-8(13)11-5/h4,6-7H,2-3H2,1H3,(H,11,12). The Morgan fingerprint density at radius 1 is 1.69 bits per heavy atom. The lowest BCUT2D eigenvalue weighted by atomic mass is 10.2. The maximum absolute atomic E-state index is 12.3. The van der Waals surface area contributed by atoms with E-state index in [2.05, 4.69) is 10.3 Å². The summed E-state index contributed by atoms with van der Waals surface area (Å²) in [5, 5.41) is 2.72. The Kier molecular flexibility index (Phi) is 1.94. The van der Waals surface area contributed by atoms with Crippen LogP contribution in [0, 0.1) is 6.92 Å². The highest BCUT2D eigenvalue weighted by atomic mass is 19.3. The predicted molar refractivity (Wildman–Crippen MR) is 45.0 cm³/mol. The van der Waals surface area contributed by atoms with Gasteiger partial charge in [0.1, 0.15) is 0 Å². The predicted octanol–water partition coefficient (Wildman–Crippen LogP) is 1.64. The normalized spacial score (nSPS) is 21.4. The molecule has 72 valence electrons. The van der Waals surface area contributed by atoms with Crippen LogP contribution in [-0.2, 0) is 6.54 Å². The van der Waals surface area contributed by atoms with Crippen molar-refractivity contribution in [2.75, 3.05) is 5.32 Å². The van der Waals surface area contributed by atoms with Crippen LogP contribution in [0.2, 0.25) is 0 Å². The number of halogens is 2. The summed E-state index contributed by atoms with van der Waals surface area (Å²) in [6, 6.07) is -0.741. The highest BCUT2D eigenvalue weighted by Gasteiger charge is 2.25. The zero-order valence-corrected chi connectivity index (χ0v) is 7.30. The molecule has 3 nitrogen and oxygen atoms in total. The van der Waals surface area contributed by atoms with Crippen molar-refractivity contribution < 1.29 is 8.78 Å². The smallest absolute Gasteiger partial charge is 0.258 e. The Labute approximate surface area is 74.8 Å². The molecule has 0 spiro atoms. The molecule has 0 fully saturated rings. The van der Waals surface area contributed by atoms with E-state index >= 15 is 0 Å².